The minimum absolute atomic E-state index is 0.00556. The van der Waals surface area contributed by atoms with Crippen molar-refractivity contribution in [1.29, 1.82) is 0 Å². The summed E-state index contributed by atoms with van der Waals surface area (Å²) in [5, 5.41) is 11.9. The highest BCUT2D eigenvalue weighted by Gasteiger charge is 2.49. The Hall–Kier alpha value is -4.39. The topological polar surface area (TPSA) is 93.1 Å². The highest BCUT2D eigenvalue weighted by Crippen LogP contribution is 2.55. The lowest BCUT2D eigenvalue weighted by Gasteiger charge is -2.49. The highest BCUT2D eigenvalue weighted by atomic mass is 16.5. The summed E-state index contributed by atoms with van der Waals surface area (Å²) in [4.78, 5) is 41.8. The van der Waals surface area contributed by atoms with Crippen LogP contribution in [0, 0.1) is 10.8 Å². The van der Waals surface area contributed by atoms with Crippen LogP contribution in [0.3, 0.4) is 0 Å². The molecule has 0 saturated carbocycles. The van der Waals surface area contributed by atoms with Gasteiger partial charge in [0.05, 0.1) is 13.5 Å². The van der Waals surface area contributed by atoms with Gasteiger partial charge in [0, 0.05) is 47.8 Å². The summed E-state index contributed by atoms with van der Waals surface area (Å²) < 4.78 is 12.1. The average Bonchev–Trinajstić information content (AvgIpc) is 2.97. The van der Waals surface area contributed by atoms with E-state index in [-0.39, 0.29) is 35.4 Å². The second-order valence-electron chi connectivity index (χ2n) is 14.2. The summed E-state index contributed by atoms with van der Waals surface area (Å²) in [5.41, 5.74) is 4.20. The van der Waals surface area contributed by atoms with Crippen molar-refractivity contribution < 1.29 is 29.0 Å². The van der Waals surface area contributed by atoms with Crippen LogP contribution < -0.4 is 9.47 Å². The van der Waals surface area contributed by atoms with Gasteiger partial charge in [-0.3, -0.25) is 14.4 Å². The first kappa shape index (κ1) is 30.6. The van der Waals surface area contributed by atoms with Crippen LogP contribution in [0.1, 0.15) is 76.8 Å². The van der Waals surface area contributed by atoms with Gasteiger partial charge >= 0.3 is 5.97 Å². The molecule has 0 aromatic heterocycles. The van der Waals surface area contributed by atoms with Gasteiger partial charge < -0.3 is 19.5 Å². The van der Waals surface area contributed by atoms with E-state index in [4.69, 9.17) is 9.47 Å². The fourth-order valence-corrected chi connectivity index (χ4v) is 7.42. The number of benzene rings is 3. The van der Waals surface area contributed by atoms with Crippen molar-refractivity contribution in [3.63, 3.8) is 0 Å². The highest BCUT2D eigenvalue weighted by molar-refractivity contribution is 6.07. The summed E-state index contributed by atoms with van der Waals surface area (Å²) in [6.45, 7) is 8.86. The molecule has 3 aliphatic rings. The molecule has 1 N–H and O–H groups in total. The Morgan fingerprint density at radius 2 is 1.47 bits per heavy atom. The fourth-order valence-electron chi connectivity index (χ4n) is 7.42. The smallest absolute Gasteiger partial charge is 0.305 e. The SMILES string of the molecule is COc1cc(C2C3=C(CC(C)(C)CC3=O)N(CCC(=O)O)C3=C2C(=O)CC(C)(C)C3)ccc1OCc1cccc2ccccc12. The quantitative estimate of drug-likeness (QED) is 0.282. The number of carboxylic acids is 1. The van der Waals surface area contributed by atoms with Gasteiger partial charge in [0.2, 0.25) is 0 Å². The van der Waals surface area contributed by atoms with Crippen LogP contribution in [0.25, 0.3) is 10.8 Å². The summed E-state index contributed by atoms with van der Waals surface area (Å²) in [6, 6.07) is 20.0. The third-order valence-corrected chi connectivity index (χ3v) is 9.36. The standard InChI is InChI=1S/C38H41NO6/c1-37(2)18-27-35(29(40)20-37)34(36-28(39(27)16-15-33(42)43)19-38(3,4)21-30(36)41)24-13-14-31(32(17-24)44-5)45-22-25-11-8-10-23-9-6-7-12-26(23)25/h6-14,17,34H,15-16,18-22H2,1-5H3,(H,42,43). The van der Waals surface area contributed by atoms with Gasteiger partial charge in [-0.05, 0) is 57.7 Å². The first-order valence-corrected chi connectivity index (χ1v) is 15.7. The van der Waals surface area contributed by atoms with Crippen LogP contribution in [0.5, 0.6) is 11.5 Å². The molecule has 0 amide bonds. The zero-order valence-electron chi connectivity index (χ0n) is 26.7. The molecule has 7 heteroatoms. The number of hydrogen-bond acceptors (Lipinski definition) is 6. The van der Waals surface area contributed by atoms with Gasteiger partial charge in [-0.1, -0.05) is 76.2 Å². The molecular formula is C38H41NO6. The number of carboxylic acid groups (broad SMARTS) is 1. The van der Waals surface area contributed by atoms with E-state index < -0.39 is 11.9 Å². The Labute approximate surface area is 264 Å². The molecular weight excluding hydrogens is 566 g/mol. The van der Waals surface area contributed by atoms with Crippen molar-refractivity contribution in [1.82, 2.24) is 4.90 Å². The van der Waals surface area contributed by atoms with E-state index in [9.17, 15) is 19.5 Å². The van der Waals surface area contributed by atoms with Crippen LogP contribution >= 0.6 is 0 Å². The van der Waals surface area contributed by atoms with E-state index in [1.807, 2.05) is 41.3 Å². The van der Waals surface area contributed by atoms with Gasteiger partial charge in [-0.25, -0.2) is 0 Å². The molecule has 0 spiro atoms. The molecule has 6 rings (SSSR count). The fraction of sp³-hybridized carbons (Fsp3) is 0.395. The number of hydrogen-bond donors (Lipinski definition) is 1. The maximum Gasteiger partial charge on any atom is 0.305 e. The summed E-state index contributed by atoms with van der Waals surface area (Å²) in [5.74, 6) is -0.351. The van der Waals surface area contributed by atoms with Gasteiger partial charge in [-0.2, -0.15) is 0 Å². The molecule has 45 heavy (non-hydrogen) atoms. The van der Waals surface area contributed by atoms with Gasteiger partial charge in [-0.15, -0.1) is 0 Å². The average molecular weight is 608 g/mol. The monoisotopic (exact) mass is 607 g/mol. The maximum atomic E-state index is 14.0. The van der Waals surface area contributed by atoms with Crippen molar-refractivity contribution in [3.8, 4) is 11.5 Å². The number of allylic oxidation sites excluding steroid dienone is 4. The molecule has 3 aromatic rings. The second-order valence-corrected chi connectivity index (χ2v) is 14.2. The molecule has 7 nitrogen and oxygen atoms in total. The molecule has 0 bridgehead atoms. The minimum atomic E-state index is -0.909. The number of carbonyl (C=O) groups is 3. The molecule has 3 aromatic carbocycles. The zero-order valence-corrected chi connectivity index (χ0v) is 26.7. The number of methoxy groups -OCH3 is 1. The summed E-state index contributed by atoms with van der Waals surface area (Å²) in [6.07, 6.45) is 1.89. The Balaban J connectivity index is 1.44. The van der Waals surface area contributed by atoms with Crippen LogP contribution in [0.4, 0.5) is 0 Å². The number of rotatable bonds is 8. The number of aliphatic carboxylic acids is 1. The van der Waals surface area contributed by atoms with E-state index in [0.29, 0.717) is 54.9 Å². The molecule has 0 unspecified atom stereocenters. The first-order chi connectivity index (χ1) is 21.4. The Morgan fingerprint density at radius 1 is 0.844 bits per heavy atom. The molecule has 234 valence electrons. The molecule has 1 heterocycles. The number of ketones is 2. The lowest BCUT2D eigenvalue weighted by molar-refractivity contribution is -0.137. The van der Waals surface area contributed by atoms with Crippen LogP contribution in [0.2, 0.25) is 0 Å². The van der Waals surface area contributed by atoms with E-state index in [1.165, 1.54) is 0 Å². The lowest BCUT2D eigenvalue weighted by atomic mass is 9.63. The largest absolute Gasteiger partial charge is 0.493 e. The Kier molecular flexibility index (Phi) is 7.84. The number of nitrogens with zero attached hydrogens (tertiary/aromatic N) is 1. The van der Waals surface area contributed by atoms with Crippen LogP contribution in [-0.2, 0) is 21.0 Å². The molecule has 0 fully saturated rings. The Bertz CT molecular complexity index is 1720. The maximum absolute atomic E-state index is 14.0. The second kappa shape index (κ2) is 11.5. The molecule has 0 saturated heterocycles. The van der Waals surface area contributed by atoms with Crippen molar-refractivity contribution in [3.05, 3.63) is 94.3 Å². The molecule has 1 aliphatic heterocycles. The van der Waals surface area contributed by atoms with Crippen molar-refractivity contribution in [2.75, 3.05) is 13.7 Å². The van der Waals surface area contributed by atoms with E-state index in [0.717, 1.165) is 33.3 Å². The predicted octanol–water partition coefficient (Wildman–Crippen LogP) is 7.59. The first-order valence-electron chi connectivity index (χ1n) is 15.7. The zero-order chi connectivity index (χ0) is 32.1. The minimum Gasteiger partial charge on any atom is -0.493 e. The predicted molar refractivity (Wildman–Crippen MR) is 173 cm³/mol. The number of ether oxygens (including phenoxy) is 2. The van der Waals surface area contributed by atoms with E-state index in [2.05, 4.69) is 52.0 Å². The Morgan fingerprint density at radius 3 is 2.09 bits per heavy atom. The van der Waals surface area contributed by atoms with Crippen LogP contribution in [0.15, 0.2) is 83.2 Å². The third kappa shape index (κ3) is 5.88. The van der Waals surface area contributed by atoms with Gasteiger partial charge in [0.15, 0.2) is 23.1 Å². The number of Topliss-reactive ketones (excluding diaryl/α,β-unsaturated/α-hetero) is 2. The molecule has 2 aliphatic carbocycles. The van der Waals surface area contributed by atoms with E-state index in [1.54, 1.807) is 7.11 Å². The van der Waals surface area contributed by atoms with Crippen molar-refractivity contribution in [2.45, 2.75) is 72.3 Å². The number of carbonyl (C=O) groups excluding carboxylic acids is 2. The van der Waals surface area contributed by atoms with Crippen molar-refractivity contribution >= 4 is 28.3 Å². The van der Waals surface area contributed by atoms with Gasteiger partial charge in [0.25, 0.3) is 0 Å². The third-order valence-electron chi connectivity index (χ3n) is 9.36. The number of fused-ring (bicyclic) bond motifs is 1. The lowest BCUT2D eigenvalue weighted by Crippen LogP contribution is -2.45. The van der Waals surface area contributed by atoms with Crippen LogP contribution in [-0.4, -0.2) is 41.2 Å². The van der Waals surface area contributed by atoms with E-state index >= 15 is 0 Å². The normalized spacial score (nSPS) is 19.4. The van der Waals surface area contributed by atoms with Crippen molar-refractivity contribution in [2.24, 2.45) is 10.8 Å². The summed E-state index contributed by atoms with van der Waals surface area (Å²) >= 11 is 0. The molecule has 0 atom stereocenters. The summed E-state index contributed by atoms with van der Waals surface area (Å²) in [7, 11) is 1.59. The van der Waals surface area contributed by atoms with Gasteiger partial charge in [0.1, 0.15) is 6.61 Å². The molecule has 0 radical (unpaired) electrons.